The lowest BCUT2D eigenvalue weighted by molar-refractivity contribution is 0.270. The van der Waals surface area contributed by atoms with Crippen molar-refractivity contribution in [1.82, 2.24) is 21.3 Å². The number of nitrogens with two attached hydrogens (primary N) is 4. The van der Waals surface area contributed by atoms with Crippen molar-refractivity contribution in [2.24, 2.45) is 22.9 Å². The maximum absolute atomic E-state index is 9.82. The lowest BCUT2D eigenvalue weighted by atomic mass is 10.00. The molecule has 0 saturated heterocycles. The molecule has 0 spiro atoms. The lowest BCUT2D eigenvalue weighted by Gasteiger charge is -2.21. The fourth-order valence-corrected chi connectivity index (χ4v) is 3.50. The van der Waals surface area contributed by atoms with Crippen molar-refractivity contribution in [3.8, 4) is 40.2 Å². The largest absolute Gasteiger partial charge is 0.488 e. The van der Waals surface area contributed by atoms with Crippen molar-refractivity contribution in [2.45, 2.75) is 0 Å². The topological polar surface area (TPSA) is 308 Å². The lowest BCUT2D eigenvalue weighted by Crippen LogP contribution is -2.34. The summed E-state index contributed by atoms with van der Waals surface area (Å²) in [5.41, 5.74) is 22.7. The van der Waals surface area contributed by atoms with Gasteiger partial charge in [-0.25, -0.2) is 0 Å². The molecule has 2 aromatic carbocycles. The fraction of sp³-hybridized carbons (Fsp3) is 0.320. The standard InChI is InChI=1S/C25H37N13O4/c26-14-15-4-5-17(21(42-13-9-38-25(33)34)19(15)40-11-7-36-23(29)30)16-2-1-3-18(39-10-6-35-22(27)28)20(16)41-12-8-37-24(31)32/h1-5H,6-13H2,(H4,27,28,35)(H4,29,30,36)(H4,31,32,37)(H4,33,34,38). The van der Waals surface area contributed by atoms with Gasteiger partial charge in [0, 0.05) is 11.1 Å². The monoisotopic (exact) mass is 583 g/mol. The van der Waals surface area contributed by atoms with Crippen molar-refractivity contribution < 1.29 is 18.9 Å². The number of guanidine groups is 4. The van der Waals surface area contributed by atoms with Crippen molar-refractivity contribution in [3.05, 3.63) is 35.9 Å². The Morgan fingerprint density at radius 2 is 1.02 bits per heavy atom. The van der Waals surface area contributed by atoms with Crippen LogP contribution in [-0.4, -0.2) is 76.4 Å². The molecule has 0 radical (unpaired) electrons. The minimum atomic E-state index is -0.227. The van der Waals surface area contributed by atoms with Crippen LogP contribution in [0.2, 0.25) is 0 Å². The van der Waals surface area contributed by atoms with E-state index in [1.807, 2.05) is 0 Å². The fourth-order valence-electron chi connectivity index (χ4n) is 3.50. The minimum absolute atomic E-state index is 0.0616. The molecule has 0 bridgehead atoms. The van der Waals surface area contributed by atoms with Gasteiger partial charge in [0.05, 0.1) is 31.7 Å². The number of nitrogens with one attached hydrogen (secondary N) is 8. The Morgan fingerprint density at radius 1 is 0.595 bits per heavy atom. The van der Waals surface area contributed by atoms with Gasteiger partial charge in [-0.15, -0.1) is 0 Å². The molecular weight excluding hydrogens is 546 g/mol. The molecule has 0 aliphatic heterocycles. The summed E-state index contributed by atoms with van der Waals surface area (Å²) in [6, 6.07) is 10.6. The Kier molecular flexibility index (Phi) is 13.1. The highest BCUT2D eigenvalue weighted by Crippen LogP contribution is 2.46. The summed E-state index contributed by atoms with van der Waals surface area (Å²) in [7, 11) is 0. The highest BCUT2D eigenvalue weighted by Gasteiger charge is 2.22. The van der Waals surface area contributed by atoms with Crippen LogP contribution in [0.1, 0.15) is 5.56 Å². The molecule has 0 aliphatic rings. The summed E-state index contributed by atoms with van der Waals surface area (Å²) >= 11 is 0. The predicted molar refractivity (Wildman–Crippen MR) is 158 cm³/mol. The SMILES string of the molecule is N#Cc1ccc(-c2cccc(OCCNC(=N)N)c2OCCNC(=N)N)c(OCCNC(=N)N)c1OCCNC(=N)N. The van der Waals surface area contributed by atoms with Crippen molar-refractivity contribution in [2.75, 3.05) is 52.6 Å². The number of hydrogen-bond donors (Lipinski definition) is 12. The Bertz CT molecular complexity index is 1300. The molecule has 2 aromatic rings. The molecule has 2 rings (SSSR count). The summed E-state index contributed by atoms with van der Waals surface area (Å²) < 4.78 is 24.1. The number of benzene rings is 2. The molecule has 42 heavy (non-hydrogen) atoms. The van der Waals surface area contributed by atoms with E-state index in [1.54, 1.807) is 30.3 Å². The number of nitrogens with zero attached hydrogens (tertiary/aromatic N) is 1. The molecule has 17 nitrogen and oxygen atoms in total. The van der Waals surface area contributed by atoms with Gasteiger partial charge in [0.25, 0.3) is 0 Å². The third-order valence-electron chi connectivity index (χ3n) is 5.17. The zero-order chi connectivity index (χ0) is 30.9. The van der Waals surface area contributed by atoms with Gasteiger partial charge >= 0.3 is 0 Å². The first-order chi connectivity index (χ1) is 20.1. The molecule has 0 saturated carbocycles. The maximum atomic E-state index is 9.82. The van der Waals surface area contributed by atoms with E-state index in [4.69, 9.17) is 63.5 Å². The number of nitriles is 1. The third kappa shape index (κ3) is 10.8. The zero-order valence-electron chi connectivity index (χ0n) is 22.9. The summed E-state index contributed by atoms with van der Waals surface area (Å²) in [6.07, 6.45) is 0. The van der Waals surface area contributed by atoms with E-state index >= 15 is 0 Å². The molecule has 17 heteroatoms. The second kappa shape index (κ2) is 17.0. The van der Waals surface area contributed by atoms with E-state index in [-0.39, 0.29) is 93.5 Å². The number of para-hydroxylation sites is 1. The molecular formula is C25H37N13O4. The van der Waals surface area contributed by atoms with Gasteiger partial charge in [-0.2, -0.15) is 5.26 Å². The summed E-state index contributed by atoms with van der Waals surface area (Å²) in [5.74, 6) is 0.249. The Labute approximate surface area is 242 Å². The summed E-state index contributed by atoms with van der Waals surface area (Å²) in [4.78, 5) is 0. The van der Waals surface area contributed by atoms with Gasteiger partial charge in [0.1, 0.15) is 32.5 Å². The number of rotatable bonds is 17. The highest BCUT2D eigenvalue weighted by atomic mass is 16.5. The quantitative estimate of drug-likeness (QED) is 0.0584. The summed E-state index contributed by atoms with van der Waals surface area (Å²) in [5, 5.41) is 49.9. The third-order valence-corrected chi connectivity index (χ3v) is 5.17. The van der Waals surface area contributed by atoms with Gasteiger partial charge in [0.2, 0.25) is 0 Å². The molecule has 226 valence electrons. The van der Waals surface area contributed by atoms with Crippen LogP contribution in [-0.2, 0) is 0 Å². The number of hydrogen-bond acceptors (Lipinski definition) is 9. The molecule has 0 atom stereocenters. The second-order valence-electron chi connectivity index (χ2n) is 8.32. The first kappa shape index (κ1) is 32.4. The Morgan fingerprint density at radius 3 is 1.50 bits per heavy atom. The van der Waals surface area contributed by atoms with Gasteiger partial charge in [-0.05, 0) is 18.2 Å². The smallest absolute Gasteiger partial charge is 0.185 e. The van der Waals surface area contributed by atoms with Crippen molar-refractivity contribution >= 4 is 23.8 Å². The van der Waals surface area contributed by atoms with E-state index in [0.717, 1.165) is 0 Å². The maximum Gasteiger partial charge on any atom is 0.185 e. The molecule has 0 aliphatic carbocycles. The number of ether oxygens (including phenoxy) is 4. The average Bonchev–Trinajstić information content (AvgIpc) is 2.93. The molecule has 0 fully saturated rings. The summed E-state index contributed by atoms with van der Waals surface area (Å²) in [6.45, 7) is 1.31. The first-order valence-corrected chi connectivity index (χ1v) is 12.7. The van der Waals surface area contributed by atoms with Crippen LogP contribution in [0.15, 0.2) is 30.3 Å². The van der Waals surface area contributed by atoms with Crippen LogP contribution in [0.25, 0.3) is 11.1 Å². The van der Waals surface area contributed by atoms with E-state index in [9.17, 15) is 5.26 Å². The Hall–Kier alpha value is -5.79. The first-order valence-electron chi connectivity index (χ1n) is 12.7. The van der Waals surface area contributed by atoms with Gasteiger partial charge in [-0.3, -0.25) is 21.6 Å². The van der Waals surface area contributed by atoms with Crippen LogP contribution in [0.4, 0.5) is 0 Å². The normalized spacial score (nSPS) is 9.98. The van der Waals surface area contributed by atoms with E-state index < -0.39 is 0 Å². The average molecular weight is 584 g/mol. The van der Waals surface area contributed by atoms with Crippen LogP contribution >= 0.6 is 0 Å². The molecule has 0 amide bonds. The van der Waals surface area contributed by atoms with Crippen LogP contribution in [0.5, 0.6) is 23.0 Å². The minimum Gasteiger partial charge on any atom is -0.488 e. The van der Waals surface area contributed by atoms with E-state index in [0.29, 0.717) is 22.6 Å². The second-order valence-corrected chi connectivity index (χ2v) is 8.32. The van der Waals surface area contributed by atoms with E-state index in [1.165, 1.54) is 0 Å². The highest BCUT2D eigenvalue weighted by molar-refractivity contribution is 5.82. The molecule has 16 N–H and O–H groups in total. The van der Waals surface area contributed by atoms with Crippen LogP contribution in [0.3, 0.4) is 0 Å². The molecule has 0 aromatic heterocycles. The van der Waals surface area contributed by atoms with Gasteiger partial charge < -0.3 is 63.1 Å². The van der Waals surface area contributed by atoms with Crippen LogP contribution in [0, 0.1) is 33.0 Å². The molecule has 0 heterocycles. The molecule has 0 unspecified atom stereocenters. The Balaban J connectivity index is 2.56. The van der Waals surface area contributed by atoms with E-state index in [2.05, 4.69) is 27.3 Å². The zero-order valence-corrected chi connectivity index (χ0v) is 22.9. The van der Waals surface area contributed by atoms with Crippen molar-refractivity contribution in [1.29, 1.82) is 26.9 Å². The van der Waals surface area contributed by atoms with Gasteiger partial charge in [0.15, 0.2) is 46.8 Å². The van der Waals surface area contributed by atoms with Crippen molar-refractivity contribution in [3.63, 3.8) is 0 Å². The predicted octanol–water partition coefficient (Wildman–Crippen LogP) is -1.33. The van der Waals surface area contributed by atoms with Crippen LogP contribution < -0.4 is 63.1 Å². The van der Waals surface area contributed by atoms with Gasteiger partial charge in [-0.1, -0.05) is 12.1 Å².